The molecule has 0 saturated carbocycles. The molecular weight excluding hydrogens is 1020 g/mol. The first-order valence-corrected chi connectivity index (χ1v) is 30.0. The summed E-state index contributed by atoms with van der Waals surface area (Å²) < 4.78 is 37.1. The van der Waals surface area contributed by atoms with Crippen molar-refractivity contribution >= 4 is 100 Å². The number of aryl methyl sites for hydroxylation is 1. The van der Waals surface area contributed by atoms with Crippen LogP contribution < -0.4 is 40.8 Å². The van der Waals surface area contributed by atoms with E-state index in [4.69, 9.17) is 81.6 Å². The van der Waals surface area contributed by atoms with Gasteiger partial charge in [0, 0.05) is 17.5 Å². The minimum atomic E-state index is -1.72. The largest absolute Gasteiger partial charge is 0.643 e. The number of benzene rings is 7. The van der Waals surface area contributed by atoms with E-state index in [1.165, 1.54) is 5.56 Å². The zero-order valence-corrected chi connectivity index (χ0v) is 47.4. The number of nitrogens with zero attached hydrogens (tertiary/aromatic N) is 1. The molecule has 72 heavy (non-hydrogen) atoms. The summed E-state index contributed by atoms with van der Waals surface area (Å²) in [5, 5.41) is 1.16. The maximum Gasteiger partial charge on any atom is 0.643 e. The van der Waals surface area contributed by atoms with Gasteiger partial charge in [0.25, 0.3) is 6.71 Å². The van der Waals surface area contributed by atoms with Crippen LogP contribution in [0.3, 0.4) is 0 Å². The highest BCUT2D eigenvalue weighted by Gasteiger charge is 2.53. The summed E-state index contributed by atoms with van der Waals surface area (Å²) in [5.41, 5.74) is 4.31. The van der Waals surface area contributed by atoms with E-state index in [0.717, 1.165) is 45.9 Å². The standard InChI is InChI=1S/C24H24BClO4.C18H10BClO2.C8H19N.C7H8.Al.3ClH/c1-23(2)24(3,4)30-25(29-23)22-20(27-17-11-6-5-7-12-17)15-10-16-21(22)28-19-14-9-8-13-18(19)26;20-13-7-3-6-12-18(13)22-16-10-4-9-15-17(16)19(12)11-5-1-2-8-14(11)21-15;1-6-9(7(2)3)8(4)5;1-7-5-3-2-4-6-7;;;;/h5-16H,1-4H3;1-10H;7-8H,6H2,1-5H3;2-6H,1H3;;3*1H/q;;;;+3;;;/p-3. The van der Waals surface area contributed by atoms with E-state index < -0.39 is 29.7 Å². The number of para-hydroxylation sites is 4. The Morgan fingerprint density at radius 3 is 1.54 bits per heavy atom. The topological polar surface area (TPSA) is 58.6 Å². The van der Waals surface area contributed by atoms with Crippen molar-refractivity contribution in [1.82, 2.24) is 4.90 Å². The molecule has 7 nitrogen and oxygen atoms in total. The summed E-state index contributed by atoms with van der Waals surface area (Å²) in [5.74, 6) is 5.74. The summed E-state index contributed by atoms with van der Waals surface area (Å²) >= 11 is 11.0. The maximum absolute atomic E-state index is 6.36. The van der Waals surface area contributed by atoms with Gasteiger partial charge in [-0.05, 0) is 140 Å². The number of fused-ring (bicyclic) bond motifs is 4. The van der Waals surface area contributed by atoms with Crippen molar-refractivity contribution in [3.05, 3.63) is 179 Å². The minimum absolute atomic E-state index is 0.0959. The van der Waals surface area contributed by atoms with Crippen molar-refractivity contribution in [2.45, 2.75) is 92.5 Å². The lowest BCUT2D eigenvalue weighted by molar-refractivity contribution is 0.00578. The number of hydrogen-bond donors (Lipinski definition) is 0. The molecule has 0 bridgehead atoms. The van der Waals surface area contributed by atoms with Crippen LogP contribution >= 0.6 is 53.3 Å². The van der Waals surface area contributed by atoms with E-state index in [9.17, 15) is 0 Å². The molecule has 0 aliphatic carbocycles. The van der Waals surface area contributed by atoms with Crippen LogP contribution in [0.4, 0.5) is 0 Å². The van der Waals surface area contributed by atoms with Gasteiger partial charge in [0.15, 0.2) is 0 Å². The van der Waals surface area contributed by atoms with E-state index in [1.54, 1.807) is 6.07 Å². The Labute approximate surface area is 454 Å². The average molecular weight is 1080 g/mol. The molecule has 7 aromatic carbocycles. The van der Waals surface area contributed by atoms with Crippen molar-refractivity contribution in [2.75, 3.05) is 6.54 Å². The second-order valence-electron chi connectivity index (χ2n) is 18.6. The van der Waals surface area contributed by atoms with E-state index in [1.807, 2.05) is 161 Å². The molecule has 15 heteroatoms. The molecule has 0 N–H and O–H groups in total. The van der Waals surface area contributed by atoms with Crippen LogP contribution in [-0.4, -0.2) is 59.9 Å². The summed E-state index contributed by atoms with van der Waals surface area (Å²) in [4.78, 5) is 2.46. The van der Waals surface area contributed by atoms with Crippen molar-refractivity contribution in [1.29, 1.82) is 0 Å². The predicted octanol–water partition coefficient (Wildman–Crippen LogP) is 15.1. The summed E-state index contributed by atoms with van der Waals surface area (Å²) in [6.07, 6.45) is 0. The Morgan fingerprint density at radius 1 is 0.528 bits per heavy atom. The average Bonchev–Trinajstić information content (AvgIpc) is 3.56. The molecule has 0 unspecified atom stereocenters. The SMILES string of the molecule is CC1(C)OB(c2c(Oc3ccccc3)cccc2Oc2ccccc2Cl)OC1(C)C.CCN(C(C)C)C(C)C.Cc1ccccc1.Clc1cccc2c1Oc1cccc3c1B2c1ccccc1O3.[Cl][Al]([Cl])[Cl]. The van der Waals surface area contributed by atoms with Crippen LogP contribution in [-0.2, 0) is 9.31 Å². The highest BCUT2D eigenvalue weighted by Crippen LogP contribution is 2.40. The van der Waals surface area contributed by atoms with Crippen molar-refractivity contribution in [3.8, 4) is 46.0 Å². The van der Waals surface area contributed by atoms with Gasteiger partial charge in [0.2, 0.25) is 0 Å². The molecule has 374 valence electrons. The second-order valence-corrected chi connectivity index (χ2v) is 25.9. The first-order chi connectivity index (χ1) is 34.3. The molecule has 0 aromatic heterocycles. The molecule has 10 rings (SSSR count). The molecular formula is C57H61AlB2Cl5NO6. The van der Waals surface area contributed by atoms with Gasteiger partial charge in [-0.2, -0.15) is 0 Å². The molecule has 1 saturated heterocycles. The third kappa shape index (κ3) is 14.7. The van der Waals surface area contributed by atoms with E-state index in [-0.39, 0.29) is 6.71 Å². The molecule has 0 amide bonds. The zero-order valence-electron chi connectivity index (χ0n) is 42.5. The van der Waals surface area contributed by atoms with Gasteiger partial charge in [-0.25, -0.2) is 30.1 Å². The predicted molar refractivity (Wildman–Crippen MR) is 306 cm³/mol. The third-order valence-corrected chi connectivity index (χ3v) is 13.1. The van der Waals surface area contributed by atoms with E-state index in [0.29, 0.717) is 50.6 Å². The molecule has 3 aliphatic rings. The molecule has 0 spiro atoms. The minimum Gasteiger partial charge on any atom is -0.458 e. The Bertz CT molecular complexity index is 2820. The van der Waals surface area contributed by atoms with Gasteiger partial charge in [-0.15, -0.1) is 0 Å². The lowest BCUT2D eigenvalue weighted by Crippen LogP contribution is -2.57. The van der Waals surface area contributed by atoms with Crippen LogP contribution in [0.1, 0.15) is 67.9 Å². The van der Waals surface area contributed by atoms with Gasteiger partial charge < -0.3 is 28.3 Å². The van der Waals surface area contributed by atoms with Crippen LogP contribution in [0.2, 0.25) is 10.0 Å². The van der Waals surface area contributed by atoms with Crippen molar-refractivity contribution in [3.63, 3.8) is 0 Å². The third-order valence-electron chi connectivity index (χ3n) is 12.5. The van der Waals surface area contributed by atoms with Crippen LogP contribution in [0.25, 0.3) is 0 Å². The van der Waals surface area contributed by atoms with Crippen molar-refractivity contribution in [2.24, 2.45) is 0 Å². The van der Waals surface area contributed by atoms with E-state index in [2.05, 4.69) is 70.7 Å². The molecule has 1 fully saturated rings. The van der Waals surface area contributed by atoms with Crippen LogP contribution in [0.15, 0.2) is 164 Å². The highest BCUT2D eigenvalue weighted by molar-refractivity contribution is 7.54. The lowest BCUT2D eigenvalue weighted by atomic mass is 9.35. The fourth-order valence-electron chi connectivity index (χ4n) is 8.38. The van der Waals surface area contributed by atoms with Gasteiger partial charge in [0.1, 0.15) is 46.0 Å². The fraction of sp³-hybridized carbons (Fsp3) is 0.263. The van der Waals surface area contributed by atoms with Crippen LogP contribution in [0, 0.1) is 6.92 Å². The lowest BCUT2D eigenvalue weighted by Gasteiger charge is -2.32. The van der Waals surface area contributed by atoms with Gasteiger partial charge in [-0.1, -0.05) is 139 Å². The Balaban J connectivity index is 0.000000174. The first kappa shape index (κ1) is 57.0. The normalized spacial score (nSPS) is 13.9. The summed E-state index contributed by atoms with van der Waals surface area (Å²) in [6, 6.07) is 54.1. The quantitative estimate of drug-likeness (QED) is 0.141. The van der Waals surface area contributed by atoms with Gasteiger partial charge in [0.05, 0.1) is 26.7 Å². The number of ether oxygens (including phenoxy) is 4. The molecule has 0 atom stereocenters. The highest BCUT2D eigenvalue weighted by atomic mass is 35.8. The number of halogens is 5. The fourth-order valence-corrected chi connectivity index (χ4v) is 8.78. The van der Waals surface area contributed by atoms with Gasteiger partial charge in [-0.3, -0.25) is 4.90 Å². The number of rotatable bonds is 8. The maximum atomic E-state index is 6.36. The van der Waals surface area contributed by atoms with Crippen molar-refractivity contribution < 1.29 is 28.3 Å². The number of hydrogen-bond acceptors (Lipinski definition) is 7. The first-order valence-electron chi connectivity index (χ1n) is 24.0. The summed E-state index contributed by atoms with van der Waals surface area (Å²) in [7, 11) is 14.2. The Kier molecular flexibility index (Phi) is 20.8. The smallest absolute Gasteiger partial charge is 0.458 e. The zero-order chi connectivity index (χ0) is 52.2. The van der Waals surface area contributed by atoms with E-state index >= 15 is 0 Å². The molecule has 3 aliphatic heterocycles. The second kappa shape index (κ2) is 26.3. The molecule has 7 aromatic rings. The Morgan fingerprint density at radius 2 is 0.986 bits per heavy atom. The molecule has 3 heterocycles. The van der Waals surface area contributed by atoms with Gasteiger partial charge >= 0.3 is 18.5 Å². The summed E-state index contributed by atoms with van der Waals surface area (Å²) in [6.45, 7) is 22.6. The molecule has 0 radical (unpaired) electrons. The Hall–Kier alpha value is -4.27. The monoisotopic (exact) mass is 1080 g/mol. The van der Waals surface area contributed by atoms with Crippen LogP contribution in [0.5, 0.6) is 46.0 Å².